The summed E-state index contributed by atoms with van der Waals surface area (Å²) < 4.78 is 62.4. The lowest BCUT2D eigenvalue weighted by molar-refractivity contribution is -0.0570. The van der Waals surface area contributed by atoms with E-state index in [9.17, 15) is 24.9 Å². The van der Waals surface area contributed by atoms with Gasteiger partial charge < -0.3 is 93.6 Å². The maximum absolute atomic E-state index is 12.0. The molecule has 4 aromatic heterocycles. The van der Waals surface area contributed by atoms with Gasteiger partial charge in [0.1, 0.15) is 36.6 Å². The van der Waals surface area contributed by atoms with Gasteiger partial charge in [0.25, 0.3) is 28.2 Å². The number of nitrogens with zero attached hydrogens (tertiary/aromatic N) is 12. The van der Waals surface area contributed by atoms with Crippen LogP contribution in [-0.2, 0) is 41.4 Å². The highest BCUT2D eigenvalue weighted by molar-refractivity contribution is 7.99. The van der Waals surface area contributed by atoms with Gasteiger partial charge in [-0.1, -0.05) is 60.7 Å². The summed E-state index contributed by atoms with van der Waals surface area (Å²) in [6.07, 6.45) is -0.0388. The highest BCUT2D eigenvalue weighted by atomic mass is 35.7. The van der Waals surface area contributed by atoms with Crippen molar-refractivity contribution in [2.75, 3.05) is 82.4 Å². The quantitative estimate of drug-likeness (QED) is 0.0133. The number of thioether (sulfide) groups is 1. The maximum Gasteiger partial charge on any atom is 0.494 e. The average molecular weight is 1640 g/mol. The van der Waals surface area contributed by atoms with Crippen molar-refractivity contribution in [3.05, 3.63) is 94.0 Å². The van der Waals surface area contributed by atoms with Crippen LogP contribution in [0.15, 0.2) is 82.9 Å². The lowest BCUT2D eigenvalue weighted by atomic mass is 9.79. The molecule has 3 aliphatic rings. The molecule has 3 unspecified atom stereocenters. The van der Waals surface area contributed by atoms with Crippen molar-refractivity contribution in [2.24, 2.45) is 0 Å². The van der Waals surface area contributed by atoms with Crippen LogP contribution in [0.5, 0.6) is 0 Å². The number of hydrogen-bond donors (Lipinski definition) is 12. The first kappa shape index (κ1) is 96.8. The first-order valence-electron chi connectivity index (χ1n) is 36.1. The molecule has 6 aromatic rings. The van der Waals surface area contributed by atoms with Crippen LogP contribution >= 0.6 is 47.7 Å². The molecule has 2 aromatic carbocycles. The number of ether oxygens (including phenoxy) is 2. The molecule has 0 spiro atoms. The van der Waals surface area contributed by atoms with E-state index in [4.69, 9.17) is 105 Å². The van der Waals surface area contributed by atoms with Gasteiger partial charge >= 0.3 is 14.2 Å². The second kappa shape index (κ2) is 52.1. The zero-order valence-electron chi connectivity index (χ0n) is 64.4. The number of imidazole rings is 2. The standard InChI is InChI=1S/C23H46N4O4P2.C16H16BN5O5.C10H13N5O5.C9H18ClN2OP.C6H7BO2.C4H10O2S/c1-20(2)26(21(3)4)32(30-18-12-14-24)28-16-10-9-11-17-29-33(31-19-13-15-25)27(22(5)6)23(7)8;18-16-20-13-10(14(24)21-16)19-7-22(13)15-12-11(9(6-23)25-15)26-17(27-12)8-4-2-1-3-5-8;11-10-13-7-4(8(19)14-10)12-2-15(7)9-6(18)5(17)3(1-16)20-9;1-8(2)12(9(3)4)14(10)13-7-5-6-11;8-7(9)6-4-2-1-3-5-6;5-1-3-7-4-2-6/h20-23H,9-13,16-19H2,1-8H3;1-5,7,9,11-12,15,23H,6H2,(H3,18,20,21,24);2-3,5-6,9,16-18H,1H2,(H3,11,13,14,19);8-9H,5,7H2,1-4H3;1-5,8-9H;5-6H,1-4H2/t;9-,11-,12-,15-;3-,5-,6-,9-;;;/m.11.../s1. The van der Waals surface area contributed by atoms with E-state index in [0.717, 1.165) is 36.2 Å². The minimum absolute atomic E-state index is 0.0201. The summed E-state index contributed by atoms with van der Waals surface area (Å²) in [7, 11) is -5.35. The van der Waals surface area contributed by atoms with E-state index in [0.29, 0.717) is 94.0 Å². The Morgan fingerprint density at radius 3 is 1.37 bits per heavy atom. The summed E-state index contributed by atoms with van der Waals surface area (Å²) >= 11 is 7.68. The molecule has 9 rings (SSSR count). The molecule has 14 N–H and O–H groups in total. The second-order valence-electron chi connectivity index (χ2n) is 26.2. The molecule has 3 aliphatic heterocycles. The van der Waals surface area contributed by atoms with Gasteiger partial charge in [0.2, 0.25) is 19.5 Å². The number of aromatic amines is 2. The summed E-state index contributed by atoms with van der Waals surface area (Å²) in [5.74, 6) is 1.35. The Hall–Kier alpha value is -5.53. The van der Waals surface area contributed by atoms with E-state index >= 15 is 0 Å². The highest BCUT2D eigenvalue weighted by Gasteiger charge is 2.55. The Morgan fingerprint density at radius 1 is 0.582 bits per heavy atom. The third-order valence-electron chi connectivity index (χ3n) is 15.8. The van der Waals surface area contributed by atoms with Gasteiger partial charge in [0.15, 0.2) is 34.8 Å². The molecule has 3 fully saturated rings. The summed E-state index contributed by atoms with van der Waals surface area (Å²) in [5, 5.41) is 98.0. The Labute approximate surface area is 656 Å². The molecule has 0 saturated carbocycles. The number of nitriles is 3. The van der Waals surface area contributed by atoms with E-state index < -0.39 is 106 Å². The number of hydrogen-bond acceptors (Lipinski definition) is 32. The number of aromatic nitrogens is 8. The SMILES string of the molecule is CC(C)N(C(C)C)P(Cl)OCCC#N.CC(C)N(C(C)C)P(OCCC#N)OCCCCCOP(OCCC#N)N(C(C)C)C(C)C.Nc1nc2c(ncn2[C@@H]2O[C@H](CO)[C@@H](O)[C@H]2O)c(=O)[nH]1.Nc1nc2c(ncn2[C@@H]2O[C@H](CO)[C@H]3OB(c4ccccc4)O[C@H]32)c(=O)[nH]1.OB(O)c1ccccc1.OCCSCCO. The molecule has 0 radical (unpaired) electrons. The van der Waals surface area contributed by atoms with Crippen LogP contribution in [0.4, 0.5) is 11.9 Å². The van der Waals surface area contributed by atoms with E-state index in [2.05, 4.69) is 139 Å². The number of halogens is 1. The molecular weight excluding hydrogens is 1530 g/mol. The number of fused-ring (bicyclic) bond motifs is 3. The largest absolute Gasteiger partial charge is 0.494 e. The van der Waals surface area contributed by atoms with Crippen LogP contribution < -0.4 is 33.5 Å². The Kier molecular flexibility index (Phi) is 45.8. The van der Waals surface area contributed by atoms with E-state index in [1.54, 1.807) is 40.6 Å². The number of nitrogens with two attached hydrogens (primary N) is 2. The fraction of sp³-hybridized carbons (Fsp3) is 0.632. The number of unbranched alkanes of at least 4 members (excludes halogenated alkanes) is 2. The summed E-state index contributed by atoms with van der Waals surface area (Å²) in [5.41, 5.74) is 12.2. The predicted molar refractivity (Wildman–Crippen MR) is 426 cm³/mol. The fourth-order valence-corrected chi connectivity index (χ4v) is 17.3. The van der Waals surface area contributed by atoms with E-state index in [1.807, 2.05) is 42.5 Å². The molecule has 0 amide bonds. The van der Waals surface area contributed by atoms with Gasteiger partial charge in [-0.25, -0.2) is 24.0 Å². The van der Waals surface area contributed by atoms with Crippen molar-refractivity contribution >= 4 is 107 Å². The van der Waals surface area contributed by atoms with Gasteiger partial charge in [0, 0.05) is 47.8 Å². The minimum atomic E-state index is -1.34. The van der Waals surface area contributed by atoms with Crippen LogP contribution in [0.3, 0.4) is 0 Å². The predicted octanol–water partition coefficient (Wildman–Crippen LogP) is 5.40. The number of nitrogen functional groups attached to an aromatic ring is 2. The molecule has 7 heterocycles. The number of rotatable bonds is 36. The monoisotopic (exact) mass is 1640 g/mol. The normalized spacial score (nSPS) is 19.5. The van der Waals surface area contributed by atoms with Crippen LogP contribution in [-0.4, -0.2) is 252 Å². The third-order valence-corrected chi connectivity index (χ3v) is 23.5. The van der Waals surface area contributed by atoms with Gasteiger partial charge in [-0.3, -0.25) is 28.7 Å². The second-order valence-corrected chi connectivity index (χ2v) is 32.3. The molecule has 110 heavy (non-hydrogen) atoms. The first-order valence-corrected chi connectivity index (χ1v) is 41.7. The molecule has 11 atom stereocenters. The van der Waals surface area contributed by atoms with Crippen LogP contribution in [0.25, 0.3) is 22.3 Å². The van der Waals surface area contributed by atoms with E-state index in [1.165, 1.54) is 17.2 Å². The molecular formula is C68H110B2ClN16O19P3S. The Morgan fingerprint density at radius 2 is 0.982 bits per heavy atom. The van der Waals surface area contributed by atoms with Crippen molar-refractivity contribution in [3.8, 4) is 18.2 Å². The van der Waals surface area contributed by atoms with Crippen molar-refractivity contribution in [1.29, 1.82) is 15.8 Å². The number of benzene rings is 2. The summed E-state index contributed by atoms with van der Waals surface area (Å²) in [6, 6.07) is 26.4. The Bertz CT molecular complexity index is 3730. The maximum atomic E-state index is 12.0. The summed E-state index contributed by atoms with van der Waals surface area (Å²) in [4.78, 5) is 44.5. The minimum Gasteiger partial charge on any atom is -0.423 e. The number of anilines is 2. The highest BCUT2D eigenvalue weighted by Crippen LogP contribution is 2.50. The molecule has 0 aliphatic carbocycles. The van der Waals surface area contributed by atoms with Crippen molar-refractivity contribution < 1.29 is 82.1 Å². The smallest absolute Gasteiger partial charge is 0.423 e. The van der Waals surface area contributed by atoms with Crippen LogP contribution in [0.1, 0.15) is 134 Å². The zero-order chi connectivity index (χ0) is 81.6. The Balaban J connectivity index is 0.000000297. The van der Waals surface area contributed by atoms with Gasteiger partial charge in [-0.05, 0) is 125 Å². The van der Waals surface area contributed by atoms with Gasteiger partial charge in [-0.2, -0.15) is 37.5 Å². The fourth-order valence-electron chi connectivity index (χ4n) is 11.2. The topological polar surface area (TPSA) is 505 Å². The average Bonchev–Trinajstić information content (AvgIpc) is 1.59. The van der Waals surface area contributed by atoms with Crippen LogP contribution in [0, 0.1) is 34.0 Å². The number of nitrogens with one attached hydrogen (secondary N) is 2. The molecule has 42 heteroatoms. The molecule has 0 bridgehead atoms. The van der Waals surface area contributed by atoms with Crippen molar-refractivity contribution in [3.63, 3.8) is 0 Å². The molecule has 3 saturated heterocycles. The lowest BCUT2D eigenvalue weighted by Gasteiger charge is -2.35. The number of aliphatic hydroxyl groups excluding tert-OH is 6. The molecule has 610 valence electrons. The first-order chi connectivity index (χ1) is 52.6. The molecule has 35 nitrogen and oxygen atoms in total. The van der Waals surface area contributed by atoms with Gasteiger partial charge in [-0.15, -0.1) is 0 Å². The summed E-state index contributed by atoms with van der Waals surface area (Å²) in [6.45, 7) is 27.6. The third kappa shape index (κ3) is 30.7. The lowest BCUT2D eigenvalue weighted by Crippen LogP contribution is -2.36. The van der Waals surface area contributed by atoms with Crippen LogP contribution in [0.2, 0.25) is 0 Å². The van der Waals surface area contributed by atoms with Crippen molar-refractivity contribution in [2.45, 2.75) is 207 Å². The van der Waals surface area contributed by atoms with E-state index in [-0.39, 0.29) is 54.0 Å². The van der Waals surface area contributed by atoms with Crippen molar-refractivity contribution in [1.82, 2.24) is 53.0 Å². The zero-order valence-corrected chi connectivity index (χ0v) is 68.7. The van der Waals surface area contributed by atoms with Gasteiger partial charge in [0.05, 0.1) is 110 Å². The number of aliphatic hydroxyl groups is 6. The number of H-pyrrole nitrogens is 2.